The molecule has 0 bridgehead atoms. The van der Waals surface area contributed by atoms with Crippen LogP contribution in [0.5, 0.6) is 0 Å². The smallest absolute Gasteiger partial charge is 0.237 e. The zero-order valence-corrected chi connectivity index (χ0v) is 12.2. The van der Waals surface area contributed by atoms with E-state index in [0.717, 1.165) is 30.0 Å². The van der Waals surface area contributed by atoms with Crippen molar-refractivity contribution in [1.29, 1.82) is 0 Å². The molecule has 19 heavy (non-hydrogen) atoms. The lowest BCUT2D eigenvalue weighted by molar-refractivity contribution is -0.116. The Morgan fingerprint density at radius 2 is 2.21 bits per heavy atom. The van der Waals surface area contributed by atoms with Crippen LogP contribution in [0.4, 0.5) is 5.82 Å². The quantitative estimate of drug-likeness (QED) is 0.776. The highest BCUT2D eigenvalue weighted by molar-refractivity contribution is 5.79. The van der Waals surface area contributed by atoms with Gasteiger partial charge in [0.2, 0.25) is 5.91 Å². The Balaban J connectivity index is 2.94. The van der Waals surface area contributed by atoms with Gasteiger partial charge in [0, 0.05) is 18.8 Å². The van der Waals surface area contributed by atoms with Crippen molar-refractivity contribution >= 4 is 11.7 Å². The molecule has 1 aromatic heterocycles. The van der Waals surface area contributed by atoms with E-state index in [1.54, 1.807) is 0 Å². The van der Waals surface area contributed by atoms with Crippen molar-refractivity contribution in [2.24, 2.45) is 5.73 Å². The van der Waals surface area contributed by atoms with Crippen molar-refractivity contribution < 1.29 is 4.79 Å². The number of carbonyl (C=O) groups is 1. The molecule has 0 aliphatic rings. The fraction of sp³-hybridized carbons (Fsp3) is 0.571. The van der Waals surface area contributed by atoms with Crippen LogP contribution in [0.25, 0.3) is 0 Å². The van der Waals surface area contributed by atoms with Gasteiger partial charge in [0.05, 0.1) is 6.54 Å². The maximum atomic E-state index is 11.1. The van der Waals surface area contributed by atoms with Gasteiger partial charge in [-0.15, -0.1) is 0 Å². The molecule has 0 aliphatic carbocycles. The topological polar surface area (TPSA) is 71.2 Å². The van der Waals surface area contributed by atoms with Gasteiger partial charge in [0.25, 0.3) is 0 Å². The Bertz CT molecular complexity index is 431. The minimum Gasteiger partial charge on any atom is -0.368 e. The molecule has 0 unspecified atom stereocenters. The summed E-state index contributed by atoms with van der Waals surface area (Å²) >= 11 is 0. The predicted octanol–water partition coefficient (Wildman–Crippen LogP) is 1.20. The van der Waals surface area contributed by atoms with Gasteiger partial charge in [0.15, 0.2) is 0 Å². The molecular formula is C14H24N4O. The summed E-state index contributed by atoms with van der Waals surface area (Å²) in [5, 5.41) is 3.27. The lowest BCUT2D eigenvalue weighted by Gasteiger charge is -2.28. The van der Waals surface area contributed by atoms with Crippen LogP contribution < -0.4 is 16.0 Å². The molecule has 0 spiro atoms. The van der Waals surface area contributed by atoms with Gasteiger partial charge in [-0.2, -0.15) is 0 Å². The first kappa shape index (κ1) is 15.4. The van der Waals surface area contributed by atoms with Crippen LogP contribution in [0.1, 0.15) is 31.9 Å². The number of primary amides is 1. The molecule has 5 heteroatoms. The number of carbonyl (C=O) groups excluding carboxylic acids is 1. The van der Waals surface area contributed by atoms with Crippen molar-refractivity contribution in [3.8, 4) is 0 Å². The second-order valence-electron chi connectivity index (χ2n) is 4.95. The Morgan fingerprint density at radius 1 is 1.53 bits per heavy atom. The fourth-order valence-electron chi connectivity index (χ4n) is 1.96. The highest BCUT2D eigenvalue weighted by Crippen LogP contribution is 2.19. The van der Waals surface area contributed by atoms with Gasteiger partial charge in [-0.1, -0.05) is 6.92 Å². The van der Waals surface area contributed by atoms with E-state index in [4.69, 9.17) is 5.73 Å². The third-order valence-corrected chi connectivity index (χ3v) is 2.91. The monoisotopic (exact) mass is 264 g/mol. The molecule has 5 nitrogen and oxygen atoms in total. The van der Waals surface area contributed by atoms with Crippen molar-refractivity contribution in [3.05, 3.63) is 23.4 Å². The maximum Gasteiger partial charge on any atom is 0.237 e. The molecule has 0 saturated carbocycles. The Hall–Kier alpha value is -1.62. The fourth-order valence-corrected chi connectivity index (χ4v) is 1.96. The van der Waals surface area contributed by atoms with Gasteiger partial charge < -0.3 is 16.0 Å². The Morgan fingerprint density at radius 3 is 2.68 bits per heavy atom. The molecule has 0 saturated heterocycles. The first-order chi connectivity index (χ1) is 8.95. The third kappa shape index (κ3) is 4.52. The maximum absolute atomic E-state index is 11.1. The minimum absolute atomic E-state index is 0.179. The number of hydrogen-bond acceptors (Lipinski definition) is 4. The van der Waals surface area contributed by atoms with Crippen LogP contribution in [0.3, 0.4) is 0 Å². The minimum atomic E-state index is -0.341. The molecule has 1 amide bonds. The van der Waals surface area contributed by atoms with Crippen LogP contribution >= 0.6 is 0 Å². The second-order valence-corrected chi connectivity index (χ2v) is 4.95. The van der Waals surface area contributed by atoms with Gasteiger partial charge in [-0.3, -0.25) is 4.79 Å². The molecule has 106 valence electrons. The highest BCUT2D eigenvalue weighted by Gasteiger charge is 2.16. The number of amides is 1. The zero-order chi connectivity index (χ0) is 14.4. The summed E-state index contributed by atoms with van der Waals surface area (Å²) in [6, 6.07) is 2.28. The molecule has 1 aromatic rings. The number of anilines is 1. The SMILES string of the molecule is CCNCc1cnc(N(CC(N)=O)C(C)C)c(C)c1. The number of nitrogens with zero attached hydrogens (tertiary/aromatic N) is 2. The Kier molecular flexibility index (Phi) is 5.76. The van der Waals surface area contributed by atoms with E-state index >= 15 is 0 Å². The van der Waals surface area contributed by atoms with E-state index in [-0.39, 0.29) is 18.5 Å². The summed E-state index contributed by atoms with van der Waals surface area (Å²) in [7, 11) is 0. The van der Waals surface area contributed by atoms with E-state index < -0.39 is 0 Å². The summed E-state index contributed by atoms with van der Waals surface area (Å²) in [5.41, 5.74) is 7.50. The summed E-state index contributed by atoms with van der Waals surface area (Å²) in [6.45, 7) is 10.1. The molecular weight excluding hydrogens is 240 g/mol. The number of nitrogens with two attached hydrogens (primary N) is 1. The summed E-state index contributed by atoms with van der Waals surface area (Å²) < 4.78 is 0. The molecule has 3 N–H and O–H groups in total. The second kappa shape index (κ2) is 7.09. The Labute approximate surface area is 115 Å². The van der Waals surface area contributed by atoms with E-state index in [9.17, 15) is 4.79 Å². The molecule has 0 fully saturated rings. The van der Waals surface area contributed by atoms with Gasteiger partial charge in [-0.05, 0) is 44.5 Å². The first-order valence-electron chi connectivity index (χ1n) is 6.66. The average Bonchev–Trinajstić information content (AvgIpc) is 2.33. The van der Waals surface area contributed by atoms with E-state index in [2.05, 4.69) is 23.3 Å². The van der Waals surface area contributed by atoms with E-state index in [0.29, 0.717) is 0 Å². The summed E-state index contributed by atoms with van der Waals surface area (Å²) in [4.78, 5) is 17.6. The number of hydrogen-bond donors (Lipinski definition) is 2. The van der Waals surface area contributed by atoms with Crippen LogP contribution in [-0.2, 0) is 11.3 Å². The standard InChI is InChI=1S/C14H24N4O/c1-5-16-7-12-6-11(4)14(17-8-12)18(10(2)3)9-13(15)19/h6,8,10,16H,5,7,9H2,1-4H3,(H2,15,19). The van der Waals surface area contributed by atoms with Crippen molar-refractivity contribution in [3.63, 3.8) is 0 Å². The van der Waals surface area contributed by atoms with E-state index in [1.165, 1.54) is 0 Å². The lowest BCUT2D eigenvalue weighted by Crippen LogP contribution is -2.39. The number of rotatable bonds is 7. The van der Waals surface area contributed by atoms with E-state index in [1.807, 2.05) is 31.9 Å². The van der Waals surface area contributed by atoms with Crippen LogP contribution in [0.2, 0.25) is 0 Å². The number of pyridine rings is 1. The molecule has 0 aliphatic heterocycles. The van der Waals surface area contributed by atoms with Crippen molar-refractivity contribution in [2.45, 2.75) is 40.3 Å². The predicted molar refractivity (Wildman–Crippen MR) is 78.0 cm³/mol. The number of aryl methyl sites for hydroxylation is 1. The van der Waals surface area contributed by atoms with Crippen LogP contribution in [0.15, 0.2) is 12.3 Å². The molecule has 0 atom stereocenters. The number of aromatic nitrogens is 1. The molecule has 0 radical (unpaired) electrons. The molecule has 1 rings (SSSR count). The van der Waals surface area contributed by atoms with Gasteiger partial charge in [-0.25, -0.2) is 4.98 Å². The normalized spacial score (nSPS) is 10.8. The average molecular weight is 264 g/mol. The molecule has 0 aromatic carbocycles. The van der Waals surface area contributed by atoms with Crippen LogP contribution in [-0.4, -0.2) is 30.0 Å². The number of nitrogens with one attached hydrogen (secondary N) is 1. The summed E-state index contributed by atoms with van der Waals surface area (Å²) in [6.07, 6.45) is 1.85. The van der Waals surface area contributed by atoms with Gasteiger partial charge in [0.1, 0.15) is 5.82 Å². The van der Waals surface area contributed by atoms with Crippen LogP contribution in [0, 0.1) is 6.92 Å². The highest BCUT2D eigenvalue weighted by atomic mass is 16.1. The molecule has 1 heterocycles. The third-order valence-electron chi connectivity index (χ3n) is 2.91. The van der Waals surface area contributed by atoms with Gasteiger partial charge >= 0.3 is 0 Å². The van der Waals surface area contributed by atoms with Crippen molar-refractivity contribution in [2.75, 3.05) is 18.0 Å². The lowest BCUT2D eigenvalue weighted by atomic mass is 10.1. The summed E-state index contributed by atoms with van der Waals surface area (Å²) in [5.74, 6) is 0.487. The first-order valence-corrected chi connectivity index (χ1v) is 6.66. The zero-order valence-electron chi connectivity index (χ0n) is 12.2. The largest absolute Gasteiger partial charge is 0.368 e. The van der Waals surface area contributed by atoms with Crippen molar-refractivity contribution in [1.82, 2.24) is 10.3 Å².